The second kappa shape index (κ2) is 10.5. The van der Waals surface area contributed by atoms with Crippen molar-refractivity contribution < 1.29 is 9.90 Å². The molecule has 9 nitrogen and oxygen atoms in total. The van der Waals surface area contributed by atoms with Gasteiger partial charge in [0.2, 0.25) is 11.9 Å². The molecule has 2 aromatic heterocycles. The zero-order chi connectivity index (χ0) is 26.1. The van der Waals surface area contributed by atoms with E-state index in [9.17, 15) is 9.90 Å². The van der Waals surface area contributed by atoms with Crippen LogP contribution in [0.1, 0.15) is 44.1 Å². The number of aryl methyl sites for hydroxylation is 1. The minimum atomic E-state index is -0.264. The number of piperidine rings is 1. The van der Waals surface area contributed by atoms with Gasteiger partial charge in [-0.25, -0.2) is 4.98 Å². The number of hydrogen-bond acceptors (Lipinski definition) is 7. The Morgan fingerprint density at radius 1 is 0.947 bits per heavy atom. The first-order valence-corrected chi connectivity index (χ1v) is 13.5. The number of nitrogens with zero attached hydrogens (tertiary/aromatic N) is 6. The molecular weight excluding hydrogens is 478 g/mol. The molecule has 2 fully saturated rings. The number of nitrogens with one attached hydrogen (secondary N) is 1. The number of aliphatic hydroxyl groups is 1. The van der Waals surface area contributed by atoms with Gasteiger partial charge in [0.25, 0.3) is 0 Å². The molecule has 1 amide bonds. The molecule has 2 aromatic carbocycles. The number of benzene rings is 2. The van der Waals surface area contributed by atoms with Crippen molar-refractivity contribution in [3.05, 3.63) is 60.3 Å². The summed E-state index contributed by atoms with van der Waals surface area (Å²) in [6.07, 6.45) is 6.34. The maximum absolute atomic E-state index is 12.9. The highest BCUT2D eigenvalue weighted by Gasteiger charge is 2.31. The van der Waals surface area contributed by atoms with Gasteiger partial charge in [-0.3, -0.25) is 4.79 Å². The van der Waals surface area contributed by atoms with Gasteiger partial charge >= 0.3 is 0 Å². The summed E-state index contributed by atoms with van der Waals surface area (Å²) in [5.74, 6) is 1.53. The molecule has 1 saturated heterocycles. The van der Waals surface area contributed by atoms with Crippen molar-refractivity contribution in [2.24, 2.45) is 5.92 Å². The van der Waals surface area contributed by atoms with Gasteiger partial charge in [0.15, 0.2) is 5.82 Å². The average Bonchev–Trinajstić information content (AvgIpc) is 3.39. The summed E-state index contributed by atoms with van der Waals surface area (Å²) in [4.78, 5) is 24.1. The summed E-state index contributed by atoms with van der Waals surface area (Å²) in [6.45, 7) is 3.44. The number of likely N-dealkylation sites (tertiary alicyclic amines) is 1. The zero-order valence-corrected chi connectivity index (χ0v) is 21.6. The van der Waals surface area contributed by atoms with Crippen LogP contribution < -0.4 is 5.32 Å². The number of hydrogen-bond donors (Lipinski definition) is 2. The smallest absolute Gasteiger partial charge is 0.225 e. The van der Waals surface area contributed by atoms with E-state index in [0.717, 1.165) is 47.8 Å². The van der Waals surface area contributed by atoms with Gasteiger partial charge in [-0.1, -0.05) is 41.6 Å². The van der Waals surface area contributed by atoms with Crippen molar-refractivity contribution in [1.82, 2.24) is 29.9 Å². The Hall–Kier alpha value is -3.85. The molecule has 0 unspecified atom stereocenters. The third kappa shape index (κ3) is 4.86. The Bertz CT molecular complexity index is 1440. The van der Waals surface area contributed by atoms with E-state index in [1.165, 1.54) is 5.56 Å². The highest BCUT2D eigenvalue weighted by Crippen LogP contribution is 2.31. The van der Waals surface area contributed by atoms with Gasteiger partial charge in [0.1, 0.15) is 5.52 Å². The Balaban J connectivity index is 1.15. The van der Waals surface area contributed by atoms with Crippen LogP contribution in [0.25, 0.3) is 28.0 Å². The standard InChI is InChI=1S/C29H33N7O2/c1-19-5-2-3-6-23(19)24-7-4-8-25-27(24)33-34-36(25)26-13-16-30-29(32-26)31-21-11-9-20(10-12-21)28(38)35-17-14-22(37)15-18-35/h2-8,13,16,20-22,37H,9-12,14-15,17-18H2,1H3,(H,30,31,32). The van der Waals surface area contributed by atoms with Crippen LogP contribution in [0.4, 0.5) is 5.95 Å². The first-order chi connectivity index (χ1) is 18.6. The number of aliphatic hydroxyl groups excluding tert-OH is 1. The van der Waals surface area contributed by atoms with Gasteiger partial charge in [-0.15, -0.1) is 5.10 Å². The molecule has 4 aromatic rings. The monoisotopic (exact) mass is 511 g/mol. The molecule has 1 saturated carbocycles. The normalized spacial score (nSPS) is 20.5. The lowest BCUT2D eigenvalue weighted by Crippen LogP contribution is -2.44. The highest BCUT2D eigenvalue weighted by atomic mass is 16.3. The fourth-order valence-electron chi connectivity index (χ4n) is 5.76. The molecule has 1 aliphatic carbocycles. The van der Waals surface area contributed by atoms with Gasteiger partial charge in [0.05, 0.1) is 11.6 Å². The van der Waals surface area contributed by atoms with Crippen LogP contribution in [0.3, 0.4) is 0 Å². The van der Waals surface area contributed by atoms with Crippen molar-refractivity contribution >= 4 is 22.9 Å². The Kier molecular flexibility index (Phi) is 6.76. The van der Waals surface area contributed by atoms with Crippen LogP contribution in [-0.2, 0) is 4.79 Å². The van der Waals surface area contributed by atoms with E-state index in [4.69, 9.17) is 4.98 Å². The molecule has 2 aliphatic rings. The summed E-state index contributed by atoms with van der Waals surface area (Å²) in [6, 6.07) is 16.4. The van der Waals surface area contributed by atoms with E-state index in [0.29, 0.717) is 37.7 Å². The average molecular weight is 512 g/mol. The van der Waals surface area contributed by atoms with E-state index < -0.39 is 0 Å². The van der Waals surface area contributed by atoms with Gasteiger partial charge < -0.3 is 15.3 Å². The van der Waals surface area contributed by atoms with Crippen LogP contribution in [0.15, 0.2) is 54.7 Å². The molecule has 9 heteroatoms. The summed E-state index contributed by atoms with van der Waals surface area (Å²) in [7, 11) is 0. The molecule has 2 N–H and O–H groups in total. The van der Waals surface area contributed by atoms with Crippen molar-refractivity contribution in [2.75, 3.05) is 18.4 Å². The lowest BCUT2D eigenvalue weighted by atomic mass is 9.85. The highest BCUT2D eigenvalue weighted by molar-refractivity contribution is 5.93. The first kappa shape index (κ1) is 24.5. The fourth-order valence-corrected chi connectivity index (χ4v) is 5.76. The van der Waals surface area contributed by atoms with Crippen LogP contribution >= 0.6 is 0 Å². The number of rotatable bonds is 5. The van der Waals surface area contributed by atoms with E-state index in [2.05, 4.69) is 45.7 Å². The number of aromatic nitrogens is 5. The van der Waals surface area contributed by atoms with Gasteiger partial charge in [-0.2, -0.15) is 9.67 Å². The summed E-state index contributed by atoms with van der Waals surface area (Å²) in [5, 5.41) is 22.2. The summed E-state index contributed by atoms with van der Waals surface area (Å²) >= 11 is 0. The summed E-state index contributed by atoms with van der Waals surface area (Å²) in [5.41, 5.74) is 5.10. The number of fused-ring (bicyclic) bond motifs is 1. The molecule has 1 aliphatic heterocycles. The maximum Gasteiger partial charge on any atom is 0.225 e. The maximum atomic E-state index is 12.9. The second-order valence-corrected chi connectivity index (χ2v) is 10.5. The van der Waals surface area contributed by atoms with Crippen LogP contribution in [0.5, 0.6) is 0 Å². The topological polar surface area (TPSA) is 109 Å². The predicted octanol–water partition coefficient (Wildman–Crippen LogP) is 4.14. The first-order valence-electron chi connectivity index (χ1n) is 13.5. The van der Waals surface area contributed by atoms with Crippen LogP contribution in [0.2, 0.25) is 0 Å². The molecule has 0 bridgehead atoms. The molecule has 0 spiro atoms. The van der Waals surface area contributed by atoms with E-state index in [-0.39, 0.29) is 24.0 Å². The second-order valence-electron chi connectivity index (χ2n) is 10.5. The summed E-state index contributed by atoms with van der Waals surface area (Å²) < 4.78 is 1.76. The lowest BCUT2D eigenvalue weighted by molar-refractivity contribution is -0.138. The van der Waals surface area contributed by atoms with Crippen molar-refractivity contribution in [1.29, 1.82) is 0 Å². The molecule has 196 valence electrons. The molecule has 0 atom stereocenters. The van der Waals surface area contributed by atoms with Crippen LogP contribution in [0, 0.1) is 12.8 Å². The number of carbonyl (C=O) groups is 1. The minimum absolute atomic E-state index is 0.0690. The van der Waals surface area contributed by atoms with Crippen LogP contribution in [-0.4, -0.2) is 66.1 Å². The lowest BCUT2D eigenvalue weighted by Gasteiger charge is -2.35. The fraction of sp³-hybridized carbons (Fsp3) is 0.414. The molecule has 0 radical (unpaired) electrons. The SMILES string of the molecule is Cc1ccccc1-c1cccc2c1nnn2-c1ccnc(NC2CCC(C(=O)N3CCC(O)CC3)CC2)n1. The van der Waals surface area contributed by atoms with Crippen molar-refractivity contribution in [3.8, 4) is 16.9 Å². The molecule has 38 heavy (non-hydrogen) atoms. The number of amides is 1. The van der Waals surface area contributed by atoms with E-state index in [1.54, 1.807) is 10.9 Å². The van der Waals surface area contributed by atoms with Crippen molar-refractivity contribution in [2.45, 2.75) is 57.6 Å². The van der Waals surface area contributed by atoms with E-state index in [1.807, 2.05) is 35.2 Å². The molecule has 6 rings (SSSR count). The Morgan fingerprint density at radius 3 is 2.50 bits per heavy atom. The van der Waals surface area contributed by atoms with Gasteiger partial charge in [0, 0.05) is 42.9 Å². The number of carbonyl (C=O) groups excluding carboxylic acids is 1. The third-order valence-corrected chi connectivity index (χ3v) is 7.96. The minimum Gasteiger partial charge on any atom is -0.393 e. The zero-order valence-electron chi connectivity index (χ0n) is 21.6. The Labute approximate surface area is 221 Å². The predicted molar refractivity (Wildman–Crippen MR) is 146 cm³/mol. The van der Waals surface area contributed by atoms with Gasteiger partial charge in [-0.05, 0) is 62.6 Å². The number of anilines is 1. The molecule has 3 heterocycles. The quantitative estimate of drug-likeness (QED) is 0.414. The largest absolute Gasteiger partial charge is 0.393 e. The molecular formula is C29H33N7O2. The third-order valence-electron chi connectivity index (χ3n) is 7.96. The Morgan fingerprint density at radius 2 is 1.71 bits per heavy atom. The van der Waals surface area contributed by atoms with Crippen molar-refractivity contribution in [3.63, 3.8) is 0 Å². The van der Waals surface area contributed by atoms with E-state index >= 15 is 0 Å².